The second-order valence-electron chi connectivity index (χ2n) is 9.07. The maximum Gasteiger partial charge on any atom is -0.00376 e. The van der Waals surface area contributed by atoms with E-state index in [1.165, 1.54) is 31.8 Å². The van der Waals surface area contributed by atoms with Gasteiger partial charge in [0, 0.05) is 0 Å². The third kappa shape index (κ3) is 4.07. The van der Waals surface area contributed by atoms with E-state index in [1.54, 1.807) is 0 Å². The molecule has 2 saturated carbocycles. The normalized spacial score (nSPS) is 48.1. The highest BCUT2D eigenvalue weighted by molar-refractivity contribution is 7.59. The summed E-state index contributed by atoms with van der Waals surface area (Å²) in [4.78, 5) is 0. The molecular weight excluding hydrogens is 285 g/mol. The lowest BCUT2D eigenvalue weighted by atomic mass is 9.76. The molecule has 0 aromatic carbocycles. The van der Waals surface area contributed by atoms with E-state index in [-0.39, 0.29) is 7.92 Å². The van der Waals surface area contributed by atoms with Crippen molar-refractivity contribution in [1.82, 2.24) is 0 Å². The molecule has 2 aliphatic rings. The average Bonchev–Trinajstić information content (AvgIpc) is 2.36. The molecule has 0 saturated heterocycles. The molecule has 2 heteroatoms. The van der Waals surface area contributed by atoms with Crippen molar-refractivity contribution in [2.75, 3.05) is 12.7 Å². The lowest BCUT2D eigenvalue weighted by Crippen LogP contribution is -2.41. The minimum atomic E-state index is 0.0824. The lowest BCUT2D eigenvalue weighted by Gasteiger charge is -2.50. The van der Waals surface area contributed by atoms with E-state index in [1.807, 2.05) is 0 Å². The molecule has 2 aliphatic carbocycles. The summed E-state index contributed by atoms with van der Waals surface area (Å²) in [5.74, 6) is 5.50. The number of hydrogen-bond donors (Lipinski definition) is 1. The lowest BCUT2D eigenvalue weighted by molar-refractivity contribution is 0.220. The van der Waals surface area contributed by atoms with E-state index < -0.39 is 0 Å². The fourth-order valence-electron chi connectivity index (χ4n) is 6.36. The SMILES string of the molecule is CC1CC(C)C(P(CCN)C2C(C)CC(C)CC2C)C(C)C1. The molecule has 1 nitrogen and oxygen atoms in total. The van der Waals surface area contributed by atoms with Crippen LogP contribution in [0.5, 0.6) is 0 Å². The molecule has 0 bridgehead atoms. The van der Waals surface area contributed by atoms with Gasteiger partial charge in [0.05, 0.1) is 0 Å². The highest BCUT2D eigenvalue weighted by Gasteiger charge is 2.44. The second-order valence-corrected chi connectivity index (χ2v) is 11.7. The number of nitrogens with two attached hydrogens (primary N) is 1. The van der Waals surface area contributed by atoms with Gasteiger partial charge in [-0.3, -0.25) is 0 Å². The maximum absolute atomic E-state index is 6.10. The highest BCUT2D eigenvalue weighted by atomic mass is 31.1. The quantitative estimate of drug-likeness (QED) is 0.672. The first kappa shape index (κ1) is 18.7. The van der Waals surface area contributed by atoms with Crippen LogP contribution in [0.4, 0.5) is 0 Å². The predicted octanol–water partition coefficient (Wildman–Crippen LogP) is 5.57. The molecule has 0 aliphatic heterocycles. The van der Waals surface area contributed by atoms with Gasteiger partial charge in [-0.2, -0.15) is 0 Å². The standard InChI is InChI=1S/C20H40NP/c1-13-9-15(3)19(16(4)10-13)22(8-7-21)20-17(5)11-14(2)12-18(20)6/h13-20H,7-12,21H2,1-6H3. The van der Waals surface area contributed by atoms with Crippen molar-refractivity contribution >= 4 is 7.92 Å². The molecule has 4 unspecified atom stereocenters. The van der Waals surface area contributed by atoms with E-state index >= 15 is 0 Å². The van der Waals surface area contributed by atoms with Crippen molar-refractivity contribution in [3.63, 3.8) is 0 Å². The van der Waals surface area contributed by atoms with Crippen molar-refractivity contribution in [1.29, 1.82) is 0 Å². The summed E-state index contributed by atoms with van der Waals surface area (Å²) in [6, 6.07) is 0. The van der Waals surface area contributed by atoms with E-state index in [0.717, 1.165) is 53.4 Å². The Kier molecular flexibility index (Phi) is 6.79. The summed E-state index contributed by atoms with van der Waals surface area (Å²) in [5.41, 5.74) is 8.04. The first-order valence-corrected chi connectivity index (χ1v) is 11.5. The van der Waals surface area contributed by atoms with E-state index in [0.29, 0.717) is 0 Å². The minimum Gasteiger partial charge on any atom is -0.330 e. The van der Waals surface area contributed by atoms with Crippen molar-refractivity contribution in [2.45, 2.75) is 78.5 Å². The molecule has 0 radical (unpaired) electrons. The summed E-state index contributed by atoms with van der Waals surface area (Å²) in [5, 5.41) is 0. The van der Waals surface area contributed by atoms with Crippen LogP contribution in [-0.4, -0.2) is 24.0 Å². The molecule has 2 fully saturated rings. The molecule has 2 rings (SSSR count). The zero-order chi connectivity index (χ0) is 16.4. The van der Waals surface area contributed by atoms with Gasteiger partial charge >= 0.3 is 0 Å². The van der Waals surface area contributed by atoms with E-state index in [9.17, 15) is 0 Å². The Hall–Kier alpha value is 0.390. The molecule has 0 aromatic rings. The number of rotatable bonds is 4. The van der Waals surface area contributed by atoms with Crippen molar-refractivity contribution < 1.29 is 0 Å². The van der Waals surface area contributed by atoms with Crippen LogP contribution < -0.4 is 5.73 Å². The molecule has 0 spiro atoms. The predicted molar refractivity (Wildman–Crippen MR) is 102 cm³/mol. The van der Waals surface area contributed by atoms with Gasteiger partial charge in [0.2, 0.25) is 0 Å². The summed E-state index contributed by atoms with van der Waals surface area (Å²) >= 11 is 0. The first-order valence-electron chi connectivity index (χ1n) is 9.80. The Balaban J connectivity index is 2.21. The first-order chi connectivity index (χ1) is 10.3. The monoisotopic (exact) mass is 325 g/mol. The van der Waals surface area contributed by atoms with E-state index in [2.05, 4.69) is 41.5 Å². The fraction of sp³-hybridized carbons (Fsp3) is 1.00. The summed E-state index contributed by atoms with van der Waals surface area (Å²) < 4.78 is 0. The summed E-state index contributed by atoms with van der Waals surface area (Å²) in [6.45, 7) is 16.0. The summed E-state index contributed by atoms with van der Waals surface area (Å²) in [6.07, 6.45) is 7.11. The van der Waals surface area contributed by atoms with Gasteiger partial charge in [-0.05, 0) is 85.2 Å². The Morgan fingerprint density at radius 3 is 1.27 bits per heavy atom. The fourth-order valence-corrected chi connectivity index (χ4v) is 10.8. The van der Waals surface area contributed by atoms with Crippen LogP contribution in [0.25, 0.3) is 0 Å². The molecule has 2 N–H and O–H groups in total. The molecule has 22 heavy (non-hydrogen) atoms. The largest absolute Gasteiger partial charge is 0.330 e. The Bertz CT molecular complexity index is 291. The zero-order valence-electron chi connectivity index (χ0n) is 15.9. The summed E-state index contributed by atoms with van der Waals surface area (Å²) in [7, 11) is 0.0824. The molecule has 0 heterocycles. The molecule has 4 atom stereocenters. The molecule has 130 valence electrons. The van der Waals surface area contributed by atoms with Gasteiger partial charge in [0.25, 0.3) is 0 Å². The smallest absolute Gasteiger partial charge is 0.00376 e. The van der Waals surface area contributed by atoms with Crippen LogP contribution in [0.1, 0.15) is 67.2 Å². The number of hydrogen-bond acceptors (Lipinski definition) is 1. The topological polar surface area (TPSA) is 26.0 Å². The van der Waals surface area contributed by atoms with Gasteiger partial charge in [-0.1, -0.05) is 49.5 Å². The Morgan fingerprint density at radius 2 is 1.00 bits per heavy atom. The van der Waals surface area contributed by atoms with Crippen LogP contribution in [0.3, 0.4) is 0 Å². The van der Waals surface area contributed by atoms with Crippen LogP contribution in [0.2, 0.25) is 0 Å². The maximum atomic E-state index is 6.10. The van der Waals surface area contributed by atoms with Crippen LogP contribution in [0.15, 0.2) is 0 Å². The van der Waals surface area contributed by atoms with Crippen LogP contribution in [0, 0.1) is 35.5 Å². The second kappa shape index (κ2) is 7.98. The molecule has 0 aromatic heterocycles. The Labute approximate surface area is 141 Å². The highest BCUT2D eigenvalue weighted by Crippen LogP contribution is 2.61. The van der Waals surface area contributed by atoms with Gasteiger partial charge in [-0.15, -0.1) is 0 Å². The Morgan fingerprint density at radius 1 is 0.682 bits per heavy atom. The van der Waals surface area contributed by atoms with Gasteiger partial charge in [0.1, 0.15) is 0 Å². The van der Waals surface area contributed by atoms with Gasteiger partial charge in [-0.25, -0.2) is 0 Å². The molecular formula is C20H40NP. The van der Waals surface area contributed by atoms with Crippen LogP contribution >= 0.6 is 7.92 Å². The minimum absolute atomic E-state index is 0.0824. The van der Waals surface area contributed by atoms with Gasteiger partial charge in [0.15, 0.2) is 0 Å². The zero-order valence-corrected chi connectivity index (χ0v) is 16.8. The van der Waals surface area contributed by atoms with E-state index in [4.69, 9.17) is 5.73 Å². The van der Waals surface area contributed by atoms with Crippen molar-refractivity contribution in [3.05, 3.63) is 0 Å². The third-order valence-corrected chi connectivity index (χ3v) is 10.9. The van der Waals surface area contributed by atoms with Crippen molar-refractivity contribution in [2.24, 2.45) is 41.2 Å². The average molecular weight is 326 g/mol. The third-order valence-electron chi connectivity index (χ3n) is 6.58. The van der Waals surface area contributed by atoms with Crippen molar-refractivity contribution in [3.8, 4) is 0 Å². The molecule has 0 amide bonds. The van der Waals surface area contributed by atoms with Crippen LogP contribution in [-0.2, 0) is 0 Å². The van der Waals surface area contributed by atoms with Gasteiger partial charge < -0.3 is 5.73 Å².